The Balaban J connectivity index is 2.13. The van der Waals surface area contributed by atoms with E-state index in [4.69, 9.17) is 34.4 Å². The minimum absolute atomic E-state index is 0.0646. The molecule has 12 N–H and O–H groups in total. The van der Waals surface area contributed by atoms with E-state index in [1.807, 2.05) is 0 Å². The molecule has 0 bridgehead atoms. The molecule has 6 nitrogen and oxygen atoms in total. The first kappa shape index (κ1) is 14.2. The Kier molecular flexibility index (Phi) is 3.48. The molecule has 0 radical (unpaired) electrons. The third kappa shape index (κ3) is 1.88. The Morgan fingerprint density at radius 1 is 0.450 bits per heavy atom. The average Bonchev–Trinajstić information content (AvgIpc) is 2.41. The van der Waals surface area contributed by atoms with Gasteiger partial charge in [0.05, 0.1) is 12.1 Å². The normalized spacial score (nSPS) is 45.3. The fourth-order valence-electron chi connectivity index (χ4n) is 4.17. The standard InChI is InChI=1S/C14H26N6/c15-5-1-2-6(16)10-9(5)13(19)11-7(17)3-4-8(18)12(11)14(10)20/h5-8,13-14H,1-4,15-20H2/t5-,6+,7?,8?,13?,14?. The third-order valence-electron chi connectivity index (χ3n) is 5.18. The Morgan fingerprint density at radius 2 is 0.650 bits per heavy atom. The molecule has 0 aromatic carbocycles. The molecule has 0 saturated heterocycles. The first-order valence-electron chi connectivity index (χ1n) is 7.44. The van der Waals surface area contributed by atoms with Gasteiger partial charge < -0.3 is 34.4 Å². The van der Waals surface area contributed by atoms with Gasteiger partial charge in [-0.05, 0) is 48.0 Å². The van der Waals surface area contributed by atoms with Crippen LogP contribution in [0.1, 0.15) is 25.7 Å². The van der Waals surface area contributed by atoms with Crippen molar-refractivity contribution in [1.29, 1.82) is 0 Å². The molecule has 0 saturated carbocycles. The van der Waals surface area contributed by atoms with Crippen molar-refractivity contribution in [2.45, 2.75) is 61.9 Å². The summed E-state index contributed by atoms with van der Waals surface area (Å²) < 4.78 is 0. The fraction of sp³-hybridized carbons (Fsp3) is 0.714. The predicted molar refractivity (Wildman–Crippen MR) is 80.4 cm³/mol. The maximum Gasteiger partial charge on any atom is 0.0508 e. The Morgan fingerprint density at radius 3 is 0.850 bits per heavy atom. The van der Waals surface area contributed by atoms with Crippen LogP contribution in [0.15, 0.2) is 22.3 Å². The smallest absolute Gasteiger partial charge is 0.0508 e. The molecule has 6 atom stereocenters. The Labute approximate surface area is 119 Å². The zero-order valence-electron chi connectivity index (χ0n) is 11.8. The van der Waals surface area contributed by atoms with Crippen LogP contribution in [-0.4, -0.2) is 36.3 Å². The molecule has 0 spiro atoms. The molecule has 3 aliphatic carbocycles. The van der Waals surface area contributed by atoms with E-state index in [1.54, 1.807) is 0 Å². The third-order valence-corrected chi connectivity index (χ3v) is 5.18. The van der Waals surface area contributed by atoms with Gasteiger partial charge >= 0.3 is 0 Å². The van der Waals surface area contributed by atoms with Crippen LogP contribution in [0.25, 0.3) is 0 Å². The van der Waals surface area contributed by atoms with Crippen molar-refractivity contribution in [2.75, 3.05) is 0 Å². The minimum Gasteiger partial charge on any atom is -0.324 e. The molecule has 0 fully saturated rings. The van der Waals surface area contributed by atoms with Gasteiger partial charge in [0.2, 0.25) is 0 Å². The van der Waals surface area contributed by atoms with Crippen molar-refractivity contribution in [3.05, 3.63) is 22.3 Å². The van der Waals surface area contributed by atoms with Crippen molar-refractivity contribution in [3.8, 4) is 0 Å². The van der Waals surface area contributed by atoms with E-state index in [-0.39, 0.29) is 36.3 Å². The van der Waals surface area contributed by atoms with Crippen LogP contribution in [0.5, 0.6) is 0 Å². The Bertz CT molecular complexity index is 398. The van der Waals surface area contributed by atoms with Crippen molar-refractivity contribution >= 4 is 0 Å². The van der Waals surface area contributed by atoms with E-state index in [2.05, 4.69) is 0 Å². The van der Waals surface area contributed by atoms with Crippen LogP contribution >= 0.6 is 0 Å². The lowest BCUT2D eigenvalue weighted by atomic mass is 9.65. The SMILES string of the molecule is NC1CCC(N)C2=C1C(N)C1=C(C2N)[C@@H](N)CC[C@H]1N. The summed E-state index contributed by atoms with van der Waals surface area (Å²) >= 11 is 0. The highest BCUT2D eigenvalue weighted by atomic mass is 14.9. The largest absolute Gasteiger partial charge is 0.324 e. The molecular weight excluding hydrogens is 252 g/mol. The predicted octanol–water partition coefficient (Wildman–Crippen LogP) is -1.86. The van der Waals surface area contributed by atoms with Gasteiger partial charge in [-0.3, -0.25) is 0 Å². The summed E-state index contributed by atoms with van der Waals surface area (Å²) in [5.74, 6) is 0. The fourth-order valence-corrected chi connectivity index (χ4v) is 4.17. The van der Waals surface area contributed by atoms with Gasteiger partial charge in [-0.2, -0.15) is 0 Å². The van der Waals surface area contributed by atoms with E-state index >= 15 is 0 Å². The summed E-state index contributed by atoms with van der Waals surface area (Å²) in [4.78, 5) is 0. The molecule has 112 valence electrons. The lowest BCUT2D eigenvalue weighted by Crippen LogP contribution is -2.58. The van der Waals surface area contributed by atoms with Gasteiger partial charge in [-0.25, -0.2) is 0 Å². The molecule has 0 amide bonds. The topological polar surface area (TPSA) is 156 Å². The monoisotopic (exact) mass is 278 g/mol. The van der Waals surface area contributed by atoms with E-state index in [1.165, 1.54) is 0 Å². The molecule has 20 heavy (non-hydrogen) atoms. The minimum atomic E-state index is -0.262. The molecule has 0 aromatic rings. The summed E-state index contributed by atoms with van der Waals surface area (Å²) in [5.41, 5.74) is 42.0. The van der Waals surface area contributed by atoms with Gasteiger partial charge in [0, 0.05) is 24.2 Å². The second kappa shape index (κ2) is 4.91. The average molecular weight is 278 g/mol. The first-order valence-corrected chi connectivity index (χ1v) is 7.44. The highest BCUT2D eigenvalue weighted by molar-refractivity contribution is 5.54. The van der Waals surface area contributed by atoms with E-state index in [9.17, 15) is 0 Å². The zero-order valence-corrected chi connectivity index (χ0v) is 11.8. The summed E-state index contributed by atoms with van der Waals surface area (Å²) in [5, 5.41) is 0. The van der Waals surface area contributed by atoms with Crippen LogP contribution in [0, 0.1) is 0 Å². The molecule has 6 heteroatoms. The lowest BCUT2D eigenvalue weighted by molar-refractivity contribution is 0.436. The molecule has 0 heterocycles. The van der Waals surface area contributed by atoms with Crippen LogP contribution in [0.2, 0.25) is 0 Å². The van der Waals surface area contributed by atoms with Crippen molar-refractivity contribution in [3.63, 3.8) is 0 Å². The lowest BCUT2D eigenvalue weighted by Gasteiger charge is -2.46. The van der Waals surface area contributed by atoms with Gasteiger partial charge in [0.25, 0.3) is 0 Å². The highest BCUT2D eigenvalue weighted by Gasteiger charge is 2.43. The number of hydrogen-bond donors (Lipinski definition) is 6. The van der Waals surface area contributed by atoms with Gasteiger partial charge in [0.1, 0.15) is 0 Å². The highest BCUT2D eigenvalue weighted by Crippen LogP contribution is 2.41. The number of hydrogen-bond acceptors (Lipinski definition) is 6. The van der Waals surface area contributed by atoms with E-state index < -0.39 is 0 Å². The first-order chi connectivity index (χ1) is 9.43. The number of nitrogens with two attached hydrogens (primary N) is 6. The number of rotatable bonds is 0. The molecular formula is C14H26N6. The molecule has 0 aromatic heterocycles. The van der Waals surface area contributed by atoms with Crippen LogP contribution in [-0.2, 0) is 0 Å². The molecule has 0 aliphatic heterocycles. The summed E-state index contributed by atoms with van der Waals surface area (Å²) in [6.07, 6.45) is 3.41. The molecule has 3 aliphatic rings. The van der Waals surface area contributed by atoms with E-state index in [0.717, 1.165) is 48.0 Å². The maximum atomic E-state index is 6.47. The van der Waals surface area contributed by atoms with Gasteiger partial charge in [-0.1, -0.05) is 0 Å². The maximum absolute atomic E-state index is 6.47. The van der Waals surface area contributed by atoms with Crippen molar-refractivity contribution in [1.82, 2.24) is 0 Å². The quantitative estimate of drug-likeness (QED) is 0.285. The van der Waals surface area contributed by atoms with Crippen LogP contribution in [0.3, 0.4) is 0 Å². The second-order valence-corrected chi connectivity index (χ2v) is 6.36. The summed E-state index contributed by atoms with van der Waals surface area (Å²) in [6.45, 7) is 0. The van der Waals surface area contributed by atoms with Crippen LogP contribution < -0.4 is 34.4 Å². The zero-order chi connectivity index (χ0) is 14.6. The van der Waals surface area contributed by atoms with Crippen LogP contribution in [0.4, 0.5) is 0 Å². The van der Waals surface area contributed by atoms with E-state index in [0.29, 0.717) is 0 Å². The second-order valence-electron chi connectivity index (χ2n) is 6.36. The van der Waals surface area contributed by atoms with Gasteiger partial charge in [0.15, 0.2) is 0 Å². The Hall–Kier alpha value is -0.760. The molecule has 3 rings (SSSR count). The summed E-state index contributed by atoms with van der Waals surface area (Å²) in [6, 6.07) is -0.781. The summed E-state index contributed by atoms with van der Waals surface area (Å²) in [7, 11) is 0. The van der Waals surface area contributed by atoms with Gasteiger partial charge in [-0.15, -0.1) is 0 Å². The van der Waals surface area contributed by atoms with Crippen molar-refractivity contribution < 1.29 is 0 Å². The molecule has 4 unspecified atom stereocenters. The van der Waals surface area contributed by atoms with Crippen molar-refractivity contribution in [2.24, 2.45) is 34.4 Å².